The number of ether oxygens (including phenoxy) is 1. The van der Waals surface area contributed by atoms with Crippen molar-refractivity contribution in [1.29, 1.82) is 0 Å². The summed E-state index contributed by atoms with van der Waals surface area (Å²) in [6.07, 6.45) is -6.19. The van der Waals surface area contributed by atoms with Gasteiger partial charge >= 0.3 is 33.4 Å². The maximum absolute atomic E-state index is 14.0. The number of pyridine rings is 1. The van der Waals surface area contributed by atoms with Crippen LogP contribution >= 0.6 is 0 Å². The van der Waals surface area contributed by atoms with Crippen molar-refractivity contribution in [2.24, 2.45) is 0 Å². The zero-order valence-corrected chi connectivity index (χ0v) is 29.8. The number of aryl methyl sites for hydroxylation is 1. The molecule has 0 amide bonds. The number of benzene rings is 4. The molecule has 7 rings (SSSR count). The Morgan fingerprint density at radius 2 is 1.43 bits per heavy atom. The number of hydrogen-bond donors (Lipinski definition) is 0. The number of rotatable bonds is 5. The normalized spacial score (nSPS) is 12.4. The molecule has 3 heterocycles. The van der Waals surface area contributed by atoms with Crippen molar-refractivity contribution in [1.82, 2.24) is 19.3 Å². The van der Waals surface area contributed by atoms with E-state index in [4.69, 9.17) is 4.74 Å². The molecule has 0 N–H and O–H groups in total. The van der Waals surface area contributed by atoms with Crippen LogP contribution in [0.15, 0.2) is 97.5 Å². The van der Waals surface area contributed by atoms with E-state index in [1.54, 1.807) is 30.5 Å². The standard InChI is InChI=1S/C39H28F6N4O.Pt/c1-23-16-31(38(40,41)42)36(32(17-23)39(43,44)45)24-21-47-48(22-24)26-8-7-9-27(19-26)50-28-12-13-30-29-10-5-6-11-33(29)49(34(30)20-28)35-18-25(14-15-46-35)37(2,3)4;/h5-18,21-22H,1-4H3;/q-2;+2. The maximum atomic E-state index is 14.0. The minimum atomic E-state index is -5.03. The summed E-state index contributed by atoms with van der Waals surface area (Å²) in [6, 6.07) is 28.3. The Morgan fingerprint density at radius 3 is 2.12 bits per heavy atom. The molecule has 0 bridgehead atoms. The molecule has 4 aromatic carbocycles. The van der Waals surface area contributed by atoms with E-state index in [-0.39, 0.29) is 49.0 Å². The van der Waals surface area contributed by atoms with Crippen LogP contribution in [0.5, 0.6) is 11.5 Å². The molecular weight excluding hydrogens is 850 g/mol. The van der Waals surface area contributed by atoms with Crippen LogP contribution < -0.4 is 4.74 Å². The Bertz CT molecular complexity index is 2370. The van der Waals surface area contributed by atoms with Crippen LogP contribution in [0.3, 0.4) is 0 Å². The van der Waals surface area contributed by atoms with E-state index in [0.29, 0.717) is 17.9 Å². The van der Waals surface area contributed by atoms with Crippen molar-refractivity contribution in [3.8, 4) is 34.1 Å². The van der Waals surface area contributed by atoms with E-state index in [9.17, 15) is 26.3 Å². The van der Waals surface area contributed by atoms with Gasteiger partial charge in [0, 0.05) is 40.5 Å². The molecule has 0 aliphatic carbocycles. The topological polar surface area (TPSA) is 44.9 Å². The molecule has 0 fully saturated rings. The third-order valence-electron chi connectivity index (χ3n) is 8.38. The van der Waals surface area contributed by atoms with Crippen LogP contribution in [0.4, 0.5) is 26.3 Å². The summed E-state index contributed by atoms with van der Waals surface area (Å²) < 4.78 is 93.3. The Hall–Kier alpha value is -4.89. The van der Waals surface area contributed by atoms with Gasteiger partial charge in [-0.3, -0.25) is 4.68 Å². The summed E-state index contributed by atoms with van der Waals surface area (Å²) >= 11 is 0. The second-order valence-corrected chi connectivity index (χ2v) is 13.0. The van der Waals surface area contributed by atoms with Gasteiger partial charge in [0.25, 0.3) is 0 Å². The third-order valence-corrected chi connectivity index (χ3v) is 8.38. The molecule has 0 unspecified atom stereocenters. The summed E-state index contributed by atoms with van der Waals surface area (Å²) in [5.41, 5.74) is -1.38. The van der Waals surface area contributed by atoms with Crippen LogP contribution in [-0.2, 0) is 38.8 Å². The van der Waals surface area contributed by atoms with Gasteiger partial charge in [-0.1, -0.05) is 44.5 Å². The minimum Gasteiger partial charge on any atom is -0.509 e. The summed E-state index contributed by atoms with van der Waals surface area (Å²) in [5.74, 6) is 1.30. The fraction of sp³-hybridized carbons (Fsp3) is 0.179. The van der Waals surface area contributed by atoms with E-state index in [1.807, 2.05) is 41.0 Å². The largest absolute Gasteiger partial charge is 2.00 e. The quantitative estimate of drug-likeness (QED) is 0.128. The first-order valence-corrected chi connectivity index (χ1v) is 15.5. The molecular formula is C39H28F6N4OPt. The fourth-order valence-corrected chi connectivity index (χ4v) is 6.05. The first-order chi connectivity index (χ1) is 23.6. The van der Waals surface area contributed by atoms with Gasteiger partial charge in [-0.15, -0.1) is 35.7 Å². The minimum absolute atomic E-state index is 0. The number of hydrogen-bond acceptors (Lipinski definition) is 3. The first-order valence-electron chi connectivity index (χ1n) is 15.5. The van der Waals surface area contributed by atoms with Crippen molar-refractivity contribution in [2.45, 2.75) is 45.5 Å². The average Bonchev–Trinajstić information content (AvgIpc) is 3.67. The summed E-state index contributed by atoms with van der Waals surface area (Å²) in [4.78, 5) is 4.68. The Morgan fingerprint density at radius 1 is 0.745 bits per heavy atom. The molecule has 3 aromatic heterocycles. The molecule has 0 atom stereocenters. The number of para-hydroxylation sites is 1. The van der Waals surface area contributed by atoms with Gasteiger partial charge < -0.3 is 9.30 Å². The zero-order valence-electron chi connectivity index (χ0n) is 27.5. The molecule has 262 valence electrons. The molecule has 0 saturated heterocycles. The number of nitrogens with zero attached hydrogens (tertiary/aromatic N) is 4. The summed E-state index contributed by atoms with van der Waals surface area (Å²) in [5, 5.41) is 6.03. The average molecular weight is 878 g/mol. The molecule has 5 nitrogen and oxygen atoms in total. The van der Waals surface area contributed by atoms with Crippen LogP contribution in [0.1, 0.15) is 43.0 Å². The van der Waals surface area contributed by atoms with Crippen molar-refractivity contribution in [3.05, 3.63) is 132 Å². The number of halogens is 6. The van der Waals surface area contributed by atoms with Gasteiger partial charge in [-0.2, -0.15) is 43.6 Å². The Labute approximate surface area is 303 Å². The third kappa shape index (κ3) is 6.91. The van der Waals surface area contributed by atoms with Gasteiger partial charge in [-0.05, 0) is 64.9 Å². The van der Waals surface area contributed by atoms with Crippen molar-refractivity contribution in [2.75, 3.05) is 0 Å². The van der Waals surface area contributed by atoms with Gasteiger partial charge in [0.1, 0.15) is 5.82 Å². The molecule has 0 aliphatic heterocycles. The van der Waals surface area contributed by atoms with Crippen LogP contribution in [0.2, 0.25) is 0 Å². The smallest absolute Gasteiger partial charge is 0.509 e. The van der Waals surface area contributed by atoms with E-state index in [0.717, 1.165) is 50.3 Å². The molecule has 0 spiro atoms. The monoisotopic (exact) mass is 877 g/mol. The van der Waals surface area contributed by atoms with Crippen LogP contribution in [-0.4, -0.2) is 19.3 Å². The molecule has 0 saturated carbocycles. The van der Waals surface area contributed by atoms with E-state index >= 15 is 0 Å². The maximum Gasteiger partial charge on any atom is 2.00 e. The number of alkyl halides is 6. The molecule has 7 aromatic rings. The van der Waals surface area contributed by atoms with Gasteiger partial charge in [0.15, 0.2) is 0 Å². The molecule has 12 heteroatoms. The van der Waals surface area contributed by atoms with E-state index < -0.39 is 29.0 Å². The van der Waals surface area contributed by atoms with Crippen LogP contribution in [0.25, 0.3) is 44.4 Å². The Kier molecular flexibility index (Phi) is 9.17. The Balaban J connectivity index is 0.00000448. The molecule has 0 aliphatic rings. The second-order valence-electron chi connectivity index (χ2n) is 13.0. The predicted octanol–water partition coefficient (Wildman–Crippen LogP) is 11.1. The predicted molar refractivity (Wildman–Crippen MR) is 179 cm³/mol. The van der Waals surface area contributed by atoms with Crippen molar-refractivity contribution < 1.29 is 52.1 Å². The van der Waals surface area contributed by atoms with Gasteiger partial charge in [0.2, 0.25) is 0 Å². The van der Waals surface area contributed by atoms with Crippen molar-refractivity contribution >= 4 is 21.8 Å². The van der Waals surface area contributed by atoms with Gasteiger partial charge in [0.05, 0.1) is 17.3 Å². The second kappa shape index (κ2) is 13.0. The number of aromatic nitrogens is 4. The van der Waals surface area contributed by atoms with E-state index in [2.05, 4.69) is 49.1 Å². The summed E-state index contributed by atoms with van der Waals surface area (Å²) in [7, 11) is 0. The molecule has 51 heavy (non-hydrogen) atoms. The summed E-state index contributed by atoms with van der Waals surface area (Å²) in [6.45, 7) is 7.58. The first kappa shape index (κ1) is 35.9. The van der Waals surface area contributed by atoms with Crippen LogP contribution in [0, 0.1) is 19.1 Å². The van der Waals surface area contributed by atoms with Gasteiger partial charge in [-0.25, -0.2) is 4.98 Å². The zero-order chi connectivity index (χ0) is 35.6. The molecule has 0 radical (unpaired) electrons. The number of fused-ring (bicyclic) bond motifs is 3. The van der Waals surface area contributed by atoms with Crippen molar-refractivity contribution in [3.63, 3.8) is 0 Å². The van der Waals surface area contributed by atoms with E-state index in [1.165, 1.54) is 6.92 Å². The fourth-order valence-electron chi connectivity index (χ4n) is 6.05. The SMILES string of the molecule is Cc1cc(C(F)(F)F)c(-c2cnn(-c3[c-]c(Oc4[c-]c5c(cc4)c4ccccc4n5-c4cc(C(C)(C)C)ccn4)ccc3)c2)c(C(F)(F)F)c1.[Pt+2].